The SMILES string of the molecule is CC(CCc1ccccc1)NC(=O)COC(C)C. The summed E-state index contributed by atoms with van der Waals surface area (Å²) >= 11 is 0. The van der Waals surface area contributed by atoms with E-state index in [0.717, 1.165) is 12.8 Å². The van der Waals surface area contributed by atoms with Crippen molar-refractivity contribution in [2.45, 2.75) is 45.8 Å². The molecule has 0 heterocycles. The summed E-state index contributed by atoms with van der Waals surface area (Å²) in [6, 6.07) is 10.5. The predicted octanol–water partition coefficient (Wildman–Crippen LogP) is 2.55. The highest BCUT2D eigenvalue weighted by Crippen LogP contribution is 2.04. The Balaban J connectivity index is 2.21. The molecule has 0 aliphatic rings. The van der Waals surface area contributed by atoms with Gasteiger partial charge in [0.15, 0.2) is 0 Å². The van der Waals surface area contributed by atoms with Crippen molar-refractivity contribution in [1.29, 1.82) is 0 Å². The Morgan fingerprint density at radius 1 is 1.22 bits per heavy atom. The molecule has 0 saturated carbocycles. The first-order valence-electron chi connectivity index (χ1n) is 6.53. The van der Waals surface area contributed by atoms with Crippen molar-refractivity contribution in [2.75, 3.05) is 6.61 Å². The largest absolute Gasteiger partial charge is 0.369 e. The van der Waals surface area contributed by atoms with Gasteiger partial charge in [-0.2, -0.15) is 0 Å². The summed E-state index contributed by atoms with van der Waals surface area (Å²) in [6.45, 7) is 6.02. The molecule has 1 rings (SSSR count). The number of nitrogens with one attached hydrogen (secondary N) is 1. The van der Waals surface area contributed by atoms with E-state index in [-0.39, 0.29) is 24.7 Å². The summed E-state index contributed by atoms with van der Waals surface area (Å²) < 4.78 is 5.26. The molecule has 1 aromatic carbocycles. The van der Waals surface area contributed by atoms with E-state index in [9.17, 15) is 4.79 Å². The quantitative estimate of drug-likeness (QED) is 0.806. The fourth-order valence-corrected chi connectivity index (χ4v) is 1.66. The molecular formula is C15H23NO2. The van der Waals surface area contributed by atoms with E-state index in [1.807, 2.05) is 39.0 Å². The molecule has 1 unspecified atom stereocenters. The molecule has 100 valence electrons. The third-order valence-electron chi connectivity index (χ3n) is 2.66. The highest BCUT2D eigenvalue weighted by Gasteiger charge is 2.08. The summed E-state index contributed by atoms with van der Waals surface area (Å²) in [5, 5.41) is 2.94. The van der Waals surface area contributed by atoms with E-state index in [4.69, 9.17) is 4.74 Å². The Kier molecular flexibility index (Phi) is 6.44. The smallest absolute Gasteiger partial charge is 0.246 e. The first-order valence-corrected chi connectivity index (χ1v) is 6.53. The third kappa shape index (κ3) is 6.40. The van der Waals surface area contributed by atoms with Crippen LogP contribution in [-0.4, -0.2) is 24.7 Å². The van der Waals surface area contributed by atoms with Gasteiger partial charge in [0, 0.05) is 6.04 Å². The second-order valence-electron chi connectivity index (χ2n) is 4.85. The highest BCUT2D eigenvalue weighted by molar-refractivity contribution is 5.77. The second kappa shape index (κ2) is 7.88. The van der Waals surface area contributed by atoms with Crippen LogP contribution in [0.15, 0.2) is 30.3 Å². The van der Waals surface area contributed by atoms with Crippen molar-refractivity contribution in [2.24, 2.45) is 0 Å². The molecule has 0 radical (unpaired) electrons. The molecule has 0 spiro atoms. The number of rotatable bonds is 7. The fraction of sp³-hybridized carbons (Fsp3) is 0.533. The van der Waals surface area contributed by atoms with Gasteiger partial charge >= 0.3 is 0 Å². The van der Waals surface area contributed by atoms with Crippen molar-refractivity contribution in [3.63, 3.8) is 0 Å². The first kappa shape index (κ1) is 14.7. The van der Waals surface area contributed by atoms with Crippen molar-refractivity contribution in [3.8, 4) is 0 Å². The van der Waals surface area contributed by atoms with Gasteiger partial charge < -0.3 is 10.1 Å². The van der Waals surface area contributed by atoms with Crippen LogP contribution in [0.5, 0.6) is 0 Å². The van der Waals surface area contributed by atoms with Crippen LogP contribution in [0.1, 0.15) is 32.8 Å². The highest BCUT2D eigenvalue weighted by atomic mass is 16.5. The van der Waals surface area contributed by atoms with Crippen LogP contribution < -0.4 is 5.32 Å². The zero-order valence-corrected chi connectivity index (χ0v) is 11.5. The Bertz CT molecular complexity index is 349. The van der Waals surface area contributed by atoms with Gasteiger partial charge in [-0.25, -0.2) is 0 Å². The van der Waals surface area contributed by atoms with Gasteiger partial charge in [0.2, 0.25) is 5.91 Å². The average molecular weight is 249 g/mol. The number of hydrogen-bond donors (Lipinski definition) is 1. The molecule has 3 nitrogen and oxygen atoms in total. The van der Waals surface area contributed by atoms with Crippen LogP contribution in [0.3, 0.4) is 0 Å². The number of carbonyl (C=O) groups is 1. The molecule has 1 aromatic rings. The molecule has 18 heavy (non-hydrogen) atoms. The van der Waals surface area contributed by atoms with Crippen molar-refractivity contribution >= 4 is 5.91 Å². The lowest BCUT2D eigenvalue weighted by molar-refractivity contribution is -0.127. The van der Waals surface area contributed by atoms with Crippen LogP contribution >= 0.6 is 0 Å². The minimum Gasteiger partial charge on any atom is -0.369 e. The van der Waals surface area contributed by atoms with Gasteiger partial charge in [-0.15, -0.1) is 0 Å². The van der Waals surface area contributed by atoms with E-state index in [1.54, 1.807) is 0 Å². The molecule has 1 amide bonds. The molecule has 0 saturated heterocycles. The molecule has 0 fully saturated rings. The number of benzene rings is 1. The van der Waals surface area contributed by atoms with Crippen LogP contribution in [0, 0.1) is 0 Å². The van der Waals surface area contributed by atoms with Crippen molar-refractivity contribution in [3.05, 3.63) is 35.9 Å². The molecule has 3 heteroatoms. The maximum Gasteiger partial charge on any atom is 0.246 e. The van der Waals surface area contributed by atoms with Crippen molar-refractivity contribution < 1.29 is 9.53 Å². The average Bonchev–Trinajstić information content (AvgIpc) is 2.35. The van der Waals surface area contributed by atoms with E-state index >= 15 is 0 Å². The van der Waals surface area contributed by atoms with Crippen LogP contribution in [-0.2, 0) is 16.0 Å². The molecule has 0 bridgehead atoms. The van der Waals surface area contributed by atoms with Gasteiger partial charge in [0.25, 0.3) is 0 Å². The minimum atomic E-state index is -0.0377. The Labute approximate surface area is 110 Å². The molecule has 1 atom stereocenters. The summed E-state index contributed by atoms with van der Waals surface area (Å²) in [5.74, 6) is -0.0377. The zero-order chi connectivity index (χ0) is 13.4. The summed E-state index contributed by atoms with van der Waals surface area (Å²) in [4.78, 5) is 11.5. The van der Waals surface area contributed by atoms with Gasteiger partial charge in [-0.05, 0) is 39.2 Å². The van der Waals surface area contributed by atoms with Gasteiger partial charge in [0.1, 0.15) is 6.61 Å². The van der Waals surface area contributed by atoms with Crippen LogP contribution in [0.25, 0.3) is 0 Å². The van der Waals surface area contributed by atoms with E-state index in [0.29, 0.717) is 0 Å². The summed E-state index contributed by atoms with van der Waals surface area (Å²) in [5.41, 5.74) is 1.30. The maximum atomic E-state index is 11.5. The molecule has 1 N–H and O–H groups in total. The fourth-order valence-electron chi connectivity index (χ4n) is 1.66. The standard InChI is InChI=1S/C15H23NO2/c1-12(2)18-11-15(17)16-13(3)9-10-14-7-5-4-6-8-14/h4-8,12-13H,9-11H2,1-3H3,(H,16,17). The van der Waals surface area contributed by atoms with Crippen LogP contribution in [0.2, 0.25) is 0 Å². The monoisotopic (exact) mass is 249 g/mol. The number of aryl methyl sites for hydroxylation is 1. The van der Waals surface area contributed by atoms with Gasteiger partial charge in [-0.1, -0.05) is 30.3 Å². The van der Waals surface area contributed by atoms with Gasteiger partial charge in [-0.3, -0.25) is 4.79 Å². The lowest BCUT2D eigenvalue weighted by Gasteiger charge is -2.14. The first-order chi connectivity index (χ1) is 8.58. The number of carbonyl (C=O) groups excluding carboxylic acids is 1. The zero-order valence-electron chi connectivity index (χ0n) is 11.5. The summed E-state index contributed by atoms with van der Waals surface area (Å²) in [7, 11) is 0. The summed E-state index contributed by atoms with van der Waals surface area (Å²) in [6.07, 6.45) is 2.01. The van der Waals surface area contributed by atoms with Gasteiger partial charge in [0.05, 0.1) is 6.10 Å². The minimum absolute atomic E-state index is 0.0377. The molecular weight excluding hydrogens is 226 g/mol. The number of amides is 1. The Hall–Kier alpha value is -1.35. The lowest BCUT2D eigenvalue weighted by atomic mass is 10.1. The van der Waals surface area contributed by atoms with E-state index < -0.39 is 0 Å². The Morgan fingerprint density at radius 2 is 1.89 bits per heavy atom. The maximum absolute atomic E-state index is 11.5. The van der Waals surface area contributed by atoms with Crippen LogP contribution in [0.4, 0.5) is 0 Å². The van der Waals surface area contributed by atoms with E-state index in [1.165, 1.54) is 5.56 Å². The van der Waals surface area contributed by atoms with Crippen molar-refractivity contribution in [1.82, 2.24) is 5.32 Å². The molecule has 0 aromatic heterocycles. The third-order valence-corrected chi connectivity index (χ3v) is 2.66. The second-order valence-corrected chi connectivity index (χ2v) is 4.85. The predicted molar refractivity (Wildman–Crippen MR) is 73.5 cm³/mol. The molecule has 0 aliphatic carbocycles. The Morgan fingerprint density at radius 3 is 2.50 bits per heavy atom. The molecule has 0 aliphatic heterocycles. The number of ether oxygens (including phenoxy) is 1. The number of hydrogen-bond acceptors (Lipinski definition) is 2. The normalized spacial score (nSPS) is 12.4. The topological polar surface area (TPSA) is 38.3 Å². The lowest BCUT2D eigenvalue weighted by Crippen LogP contribution is -2.36. The van der Waals surface area contributed by atoms with E-state index in [2.05, 4.69) is 17.4 Å².